The van der Waals surface area contributed by atoms with E-state index < -0.39 is 7.12 Å². The maximum Gasteiger partial charge on any atom is 0.518 e. The van der Waals surface area contributed by atoms with Crippen molar-refractivity contribution in [1.29, 1.82) is 0 Å². The monoisotopic (exact) mass is 307 g/mol. The summed E-state index contributed by atoms with van der Waals surface area (Å²) in [6, 6.07) is 2.04. The molecule has 1 aromatic heterocycles. The van der Waals surface area contributed by atoms with Gasteiger partial charge in [0, 0.05) is 11.1 Å². The Morgan fingerprint density at radius 2 is 1.86 bits per heavy atom. The highest BCUT2D eigenvalue weighted by atomic mass is 32.2. The lowest BCUT2D eigenvalue weighted by atomic mass is 9.83. The first-order valence-electron chi connectivity index (χ1n) is 7.38. The van der Waals surface area contributed by atoms with E-state index in [9.17, 15) is 0 Å². The third kappa shape index (κ3) is 2.94. The van der Waals surface area contributed by atoms with Crippen LogP contribution in [0, 0.1) is 0 Å². The Morgan fingerprint density at radius 1 is 1.24 bits per heavy atom. The number of hydrogen-bond donors (Lipinski definition) is 0. The summed E-state index contributed by atoms with van der Waals surface area (Å²) in [7, 11) is -0.473. The van der Waals surface area contributed by atoms with Crippen LogP contribution in [0.1, 0.15) is 40.5 Å². The number of hydrogen-bond acceptors (Lipinski definition) is 5. The fourth-order valence-electron chi connectivity index (χ4n) is 2.14. The molecule has 1 aliphatic carbocycles. The lowest BCUT2D eigenvalue weighted by Crippen LogP contribution is -2.41. The van der Waals surface area contributed by atoms with Gasteiger partial charge in [-0.3, -0.25) is 4.98 Å². The fraction of sp³-hybridized carbons (Fsp3) is 0.667. The molecule has 0 spiro atoms. The maximum absolute atomic E-state index is 6.09. The van der Waals surface area contributed by atoms with Crippen molar-refractivity contribution in [2.24, 2.45) is 0 Å². The standard InChI is InChI=1S/C15H22BNO3S/c1-14(2)15(3,4)20-16(19-14)13-12(18-10-6-7-10)8-11(21-5)9-17-13/h8-10H,6-7H2,1-5H3. The predicted octanol–water partition coefficient (Wildman–Crippen LogP) is 2.64. The van der Waals surface area contributed by atoms with Crippen molar-refractivity contribution < 1.29 is 14.0 Å². The molecular formula is C15H22BNO3S. The molecule has 4 nitrogen and oxygen atoms in total. The third-order valence-electron chi connectivity index (χ3n) is 4.39. The van der Waals surface area contributed by atoms with E-state index in [1.165, 1.54) is 0 Å². The van der Waals surface area contributed by atoms with Gasteiger partial charge in [-0.2, -0.15) is 0 Å². The summed E-state index contributed by atoms with van der Waals surface area (Å²) >= 11 is 1.66. The summed E-state index contributed by atoms with van der Waals surface area (Å²) in [6.45, 7) is 8.19. The quantitative estimate of drug-likeness (QED) is 0.632. The van der Waals surface area contributed by atoms with E-state index in [-0.39, 0.29) is 11.2 Å². The Labute approximate surface area is 131 Å². The van der Waals surface area contributed by atoms with Gasteiger partial charge in [0.2, 0.25) is 0 Å². The largest absolute Gasteiger partial charge is 0.518 e. The third-order valence-corrected chi connectivity index (χ3v) is 5.08. The summed E-state index contributed by atoms with van der Waals surface area (Å²) in [5, 5.41) is 0. The van der Waals surface area contributed by atoms with Gasteiger partial charge in [0.1, 0.15) is 11.3 Å². The van der Waals surface area contributed by atoms with Gasteiger partial charge in [-0.05, 0) is 52.9 Å². The lowest BCUT2D eigenvalue weighted by Gasteiger charge is -2.32. The number of nitrogens with zero attached hydrogens (tertiary/aromatic N) is 1. The minimum absolute atomic E-state index is 0.324. The molecule has 2 fully saturated rings. The Bertz CT molecular complexity index is 530. The Hall–Kier alpha value is -0.715. The van der Waals surface area contributed by atoms with Gasteiger partial charge < -0.3 is 14.0 Å². The molecule has 21 heavy (non-hydrogen) atoms. The smallest absolute Gasteiger partial charge is 0.489 e. The minimum Gasteiger partial charge on any atom is -0.489 e. The first kappa shape index (κ1) is 15.2. The van der Waals surface area contributed by atoms with Crippen LogP contribution in [0.3, 0.4) is 0 Å². The molecule has 0 amide bonds. The van der Waals surface area contributed by atoms with E-state index in [1.54, 1.807) is 11.8 Å². The molecule has 0 N–H and O–H groups in total. The Kier molecular flexibility index (Phi) is 3.75. The van der Waals surface area contributed by atoms with Gasteiger partial charge in [0.05, 0.1) is 17.3 Å². The van der Waals surface area contributed by atoms with Crippen molar-refractivity contribution in [2.45, 2.75) is 62.7 Å². The van der Waals surface area contributed by atoms with Gasteiger partial charge in [-0.25, -0.2) is 0 Å². The zero-order chi connectivity index (χ0) is 15.3. The molecule has 0 radical (unpaired) electrons. The normalized spacial score (nSPS) is 23.4. The zero-order valence-corrected chi connectivity index (χ0v) is 14.1. The van der Waals surface area contributed by atoms with Gasteiger partial charge >= 0.3 is 7.12 Å². The van der Waals surface area contributed by atoms with Gasteiger partial charge in [0.15, 0.2) is 0 Å². The Balaban J connectivity index is 1.91. The molecule has 0 bridgehead atoms. The van der Waals surface area contributed by atoms with E-state index in [0.29, 0.717) is 6.10 Å². The molecule has 114 valence electrons. The van der Waals surface area contributed by atoms with Crippen LogP contribution in [0.5, 0.6) is 5.75 Å². The van der Waals surface area contributed by atoms with Gasteiger partial charge in [0.25, 0.3) is 0 Å². The van der Waals surface area contributed by atoms with Crippen LogP contribution in [-0.4, -0.2) is 35.7 Å². The first-order valence-corrected chi connectivity index (χ1v) is 8.61. The predicted molar refractivity (Wildman–Crippen MR) is 85.4 cm³/mol. The molecule has 2 heterocycles. The lowest BCUT2D eigenvalue weighted by molar-refractivity contribution is 0.00578. The molecule has 0 aromatic carbocycles. The average molecular weight is 307 g/mol. The van der Waals surface area contributed by atoms with E-state index in [1.807, 2.05) is 46.2 Å². The molecular weight excluding hydrogens is 285 g/mol. The highest BCUT2D eigenvalue weighted by Gasteiger charge is 2.53. The van der Waals surface area contributed by atoms with Crippen molar-refractivity contribution >= 4 is 24.5 Å². The maximum atomic E-state index is 6.09. The molecule has 1 aromatic rings. The van der Waals surface area contributed by atoms with Gasteiger partial charge in [-0.15, -0.1) is 11.8 Å². The summed E-state index contributed by atoms with van der Waals surface area (Å²) in [4.78, 5) is 5.64. The van der Waals surface area contributed by atoms with Crippen LogP contribution in [-0.2, 0) is 9.31 Å². The number of ether oxygens (including phenoxy) is 1. The van der Waals surface area contributed by atoms with Crippen LogP contribution in [0.25, 0.3) is 0 Å². The number of thioether (sulfide) groups is 1. The van der Waals surface area contributed by atoms with Crippen molar-refractivity contribution in [3.05, 3.63) is 12.3 Å². The Morgan fingerprint density at radius 3 is 2.38 bits per heavy atom. The van der Waals surface area contributed by atoms with Crippen molar-refractivity contribution in [1.82, 2.24) is 4.98 Å². The molecule has 3 rings (SSSR count). The van der Waals surface area contributed by atoms with Crippen molar-refractivity contribution in [3.63, 3.8) is 0 Å². The second-order valence-corrected chi connectivity index (χ2v) is 7.54. The molecule has 0 atom stereocenters. The zero-order valence-electron chi connectivity index (χ0n) is 13.3. The molecule has 0 unspecified atom stereocenters. The van der Waals surface area contributed by atoms with E-state index >= 15 is 0 Å². The van der Waals surface area contributed by atoms with E-state index in [4.69, 9.17) is 14.0 Å². The highest BCUT2D eigenvalue weighted by Crippen LogP contribution is 2.37. The van der Waals surface area contributed by atoms with Crippen LogP contribution in [0.2, 0.25) is 0 Å². The van der Waals surface area contributed by atoms with Crippen molar-refractivity contribution in [2.75, 3.05) is 6.26 Å². The van der Waals surface area contributed by atoms with Crippen LogP contribution < -0.4 is 10.3 Å². The molecule has 1 saturated heterocycles. The number of rotatable bonds is 4. The highest BCUT2D eigenvalue weighted by molar-refractivity contribution is 7.98. The van der Waals surface area contributed by atoms with Crippen LogP contribution in [0.15, 0.2) is 17.2 Å². The van der Waals surface area contributed by atoms with Crippen LogP contribution >= 0.6 is 11.8 Å². The fourth-order valence-corrected chi connectivity index (χ4v) is 2.52. The van der Waals surface area contributed by atoms with E-state index in [2.05, 4.69) is 4.98 Å². The average Bonchev–Trinajstić information content (AvgIpc) is 3.17. The minimum atomic E-state index is -0.473. The van der Waals surface area contributed by atoms with E-state index in [0.717, 1.165) is 29.1 Å². The summed E-state index contributed by atoms with van der Waals surface area (Å²) in [5.41, 5.74) is 0.0151. The number of aromatic nitrogens is 1. The summed E-state index contributed by atoms with van der Waals surface area (Å²) in [5.74, 6) is 0.794. The SMILES string of the molecule is CSc1cnc(B2OC(C)(C)C(C)(C)O2)c(OC2CC2)c1. The first-order chi connectivity index (χ1) is 9.82. The number of pyridine rings is 1. The van der Waals surface area contributed by atoms with Gasteiger partial charge in [-0.1, -0.05) is 0 Å². The molecule has 1 aliphatic heterocycles. The summed E-state index contributed by atoms with van der Waals surface area (Å²) < 4.78 is 18.2. The molecule has 2 aliphatic rings. The van der Waals surface area contributed by atoms with Crippen molar-refractivity contribution in [3.8, 4) is 5.75 Å². The second-order valence-electron chi connectivity index (χ2n) is 6.66. The summed E-state index contributed by atoms with van der Waals surface area (Å²) in [6.07, 6.45) is 6.44. The topological polar surface area (TPSA) is 40.6 Å². The second kappa shape index (κ2) is 5.18. The van der Waals surface area contributed by atoms with Crippen LogP contribution in [0.4, 0.5) is 0 Å². The molecule has 1 saturated carbocycles. The molecule has 6 heteroatoms.